The zero-order chi connectivity index (χ0) is 41.1. The van der Waals surface area contributed by atoms with Crippen molar-refractivity contribution in [2.24, 2.45) is 39.9 Å². The van der Waals surface area contributed by atoms with Crippen LogP contribution in [-0.2, 0) is 52.3 Å². The molecule has 3 saturated heterocycles. The SMILES string of the molecule is CCC(C)C(=O)O[C@H]1[C@]2(C)CC34OC5(C)O[C@]6([C@@H]7/C(=C(/O)C(C)C)C(=O)O[C@@H](c8ccoc8)[C@]7(C)[C@@H](O)[C@@H](O)[C@]6(O5)[C@]3(C)[C@H]2CC(=O)OC)[C@H](OC(C)=O)[C@@]14O. The van der Waals surface area contributed by atoms with Crippen LogP contribution >= 0.6 is 0 Å². The average Bonchev–Trinajstić information content (AvgIpc) is 3.83. The molecule has 8 rings (SSSR count). The van der Waals surface area contributed by atoms with Gasteiger partial charge in [-0.1, -0.05) is 48.5 Å². The lowest BCUT2D eigenvalue weighted by atomic mass is 9.32. The summed E-state index contributed by atoms with van der Waals surface area (Å²) in [6.45, 7) is 14.1. The third-order valence-corrected chi connectivity index (χ3v) is 15.3. The third-order valence-electron chi connectivity index (χ3n) is 15.3. The molecule has 0 aromatic carbocycles. The number of allylic oxidation sites excluding steroid dienone is 1. The Labute approximate surface area is 323 Å². The van der Waals surface area contributed by atoms with Gasteiger partial charge in [-0.05, 0) is 24.8 Å². The van der Waals surface area contributed by atoms with E-state index in [2.05, 4.69) is 0 Å². The molecule has 7 fully saturated rings. The third kappa shape index (κ3) is 3.92. The Hall–Kier alpha value is -3.54. The standard InChI is InChI=1S/C40H52O16/c1-11-18(4)29(46)53-31-33(6)16-37-35(8,21(33)14-22(42)49-10)40-27(45)26(44)34(7)25(23(24(43)17(2)3)30(47)52-28(34)20-12-13-50-15-20)39(40,55-36(9,54-37)56-40)32(38(31,37)48)51-19(5)41/h12-13,15,17-18,21,25-28,31-32,43-45,48H,11,14,16H2,1-10H3/b24-23-/t18?,21-,25+,26-,27+,28-,31-,32+,33+,34-,35+,36?,37?,38-,39+,40-/m0/s1. The Morgan fingerprint density at radius 2 is 1.68 bits per heavy atom. The summed E-state index contributed by atoms with van der Waals surface area (Å²) >= 11 is 0. The molecule has 16 atom stereocenters. The summed E-state index contributed by atoms with van der Waals surface area (Å²) < 4.78 is 50.4. The topological polar surface area (TPSA) is 227 Å². The second-order valence-electron chi connectivity index (χ2n) is 18.2. The normalized spacial score (nSPS) is 50.5. The minimum Gasteiger partial charge on any atom is -0.511 e. The van der Waals surface area contributed by atoms with Gasteiger partial charge in [-0.25, -0.2) is 4.79 Å². The molecule has 0 radical (unpaired) electrons. The molecule has 1 aromatic heterocycles. The van der Waals surface area contributed by atoms with Crippen LogP contribution in [0.3, 0.4) is 0 Å². The van der Waals surface area contributed by atoms with Crippen molar-refractivity contribution in [2.75, 3.05) is 7.11 Å². The highest BCUT2D eigenvalue weighted by atomic mass is 16.9. The first-order valence-corrected chi connectivity index (χ1v) is 19.3. The molecule has 56 heavy (non-hydrogen) atoms. The summed E-state index contributed by atoms with van der Waals surface area (Å²) in [6, 6.07) is 1.52. The number of aliphatic hydroxyl groups is 4. The molecule has 4 saturated carbocycles. The summed E-state index contributed by atoms with van der Waals surface area (Å²) in [4.78, 5) is 55.7. The molecule has 0 amide bonds. The molecule has 16 heteroatoms. The zero-order valence-corrected chi connectivity index (χ0v) is 33.2. The van der Waals surface area contributed by atoms with Gasteiger partial charge in [0.2, 0.25) is 0 Å². The van der Waals surface area contributed by atoms with Gasteiger partial charge in [-0.2, -0.15) is 0 Å². The Balaban J connectivity index is 1.55. The molecule has 308 valence electrons. The number of rotatable bonds is 8. The predicted molar refractivity (Wildman–Crippen MR) is 186 cm³/mol. The van der Waals surface area contributed by atoms with Crippen molar-refractivity contribution in [3.8, 4) is 0 Å². The van der Waals surface area contributed by atoms with Crippen LogP contribution in [0.1, 0.15) is 93.2 Å². The zero-order valence-electron chi connectivity index (χ0n) is 33.2. The molecule has 2 spiro atoms. The number of fused-ring (bicyclic) bond motifs is 3. The largest absolute Gasteiger partial charge is 0.511 e. The van der Waals surface area contributed by atoms with E-state index in [1.807, 2.05) is 0 Å². The number of carbonyl (C=O) groups excluding carboxylic acids is 4. The highest BCUT2D eigenvalue weighted by Gasteiger charge is 3.06. The minimum atomic E-state index is -2.56. The van der Waals surface area contributed by atoms with Gasteiger partial charge in [0.15, 0.2) is 17.3 Å². The maximum absolute atomic E-state index is 14.6. The van der Waals surface area contributed by atoms with Crippen LogP contribution in [0.4, 0.5) is 0 Å². The molecule has 4 heterocycles. The number of aliphatic hydroxyl groups excluding tert-OH is 3. The Bertz CT molecular complexity index is 1930. The number of carbonyl (C=O) groups is 4. The minimum absolute atomic E-state index is 0.130. The molecular weight excluding hydrogens is 736 g/mol. The number of ether oxygens (including phenoxy) is 7. The van der Waals surface area contributed by atoms with Crippen LogP contribution in [0, 0.1) is 39.9 Å². The number of cyclic esters (lactones) is 1. The van der Waals surface area contributed by atoms with E-state index in [4.69, 9.17) is 37.6 Å². The predicted octanol–water partition coefficient (Wildman–Crippen LogP) is 2.91. The van der Waals surface area contributed by atoms with Crippen LogP contribution in [0.15, 0.2) is 34.3 Å². The Morgan fingerprint density at radius 1 is 1.00 bits per heavy atom. The quantitative estimate of drug-likeness (QED) is 0.129. The van der Waals surface area contributed by atoms with Crippen molar-refractivity contribution in [1.82, 2.24) is 0 Å². The number of hydrogen-bond donors (Lipinski definition) is 4. The van der Waals surface area contributed by atoms with E-state index in [0.717, 1.165) is 6.92 Å². The molecule has 1 aromatic rings. The summed E-state index contributed by atoms with van der Waals surface area (Å²) in [7, 11) is 1.21. The van der Waals surface area contributed by atoms with Crippen molar-refractivity contribution in [3.05, 3.63) is 35.5 Å². The average molecular weight is 789 g/mol. The van der Waals surface area contributed by atoms with E-state index in [0.29, 0.717) is 6.42 Å². The summed E-state index contributed by atoms with van der Waals surface area (Å²) in [6.07, 6.45) is -6.34. The lowest BCUT2D eigenvalue weighted by molar-refractivity contribution is -0.491. The Kier molecular flexibility index (Phi) is 8.11. The molecule has 7 aliphatic rings. The molecular formula is C40H52O16. The first-order valence-electron chi connectivity index (χ1n) is 19.3. The smallest absolute Gasteiger partial charge is 0.338 e. The number of methoxy groups -OCH3 is 1. The number of hydrogen-bond acceptors (Lipinski definition) is 16. The summed E-state index contributed by atoms with van der Waals surface area (Å²) in [5.74, 6) is -10.1. The van der Waals surface area contributed by atoms with Gasteiger partial charge >= 0.3 is 23.9 Å². The van der Waals surface area contributed by atoms with Crippen molar-refractivity contribution >= 4 is 23.9 Å². The van der Waals surface area contributed by atoms with Gasteiger partial charge in [0, 0.05) is 53.9 Å². The van der Waals surface area contributed by atoms with E-state index >= 15 is 0 Å². The van der Waals surface area contributed by atoms with Gasteiger partial charge in [0.25, 0.3) is 5.97 Å². The summed E-state index contributed by atoms with van der Waals surface area (Å²) in [5, 5.41) is 52.2. The van der Waals surface area contributed by atoms with Gasteiger partial charge < -0.3 is 58.0 Å². The maximum atomic E-state index is 14.6. The van der Waals surface area contributed by atoms with Crippen molar-refractivity contribution in [1.29, 1.82) is 0 Å². The van der Waals surface area contributed by atoms with Gasteiger partial charge in [-0.3, -0.25) is 14.4 Å². The molecule has 4 N–H and O–H groups in total. The van der Waals surface area contributed by atoms with Crippen molar-refractivity contribution < 1.29 is 77.2 Å². The van der Waals surface area contributed by atoms with Crippen LogP contribution in [0.25, 0.3) is 0 Å². The molecule has 4 bridgehead atoms. The summed E-state index contributed by atoms with van der Waals surface area (Å²) in [5.41, 5.74) is -14.5. The van der Waals surface area contributed by atoms with E-state index in [1.165, 1.54) is 39.5 Å². The van der Waals surface area contributed by atoms with Crippen LogP contribution in [0.2, 0.25) is 0 Å². The first-order chi connectivity index (χ1) is 26.0. The van der Waals surface area contributed by atoms with E-state index in [-0.39, 0.29) is 24.0 Å². The fourth-order valence-electron chi connectivity index (χ4n) is 13.2. The molecule has 4 aliphatic carbocycles. The van der Waals surface area contributed by atoms with Gasteiger partial charge in [0.1, 0.15) is 35.3 Å². The molecule has 3 aliphatic heterocycles. The lowest BCUT2D eigenvalue weighted by Crippen LogP contribution is -2.97. The van der Waals surface area contributed by atoms with E-state index in [1.54, 1.807) is 41.5 Å². The monoisotopic (exact) mass is 788 g/mol. The fourth-order valence-corrected chi connectivity index (χ4v) is 13.2. The van der Waals surface area contributed by atoms with Crippen molar-refractivity contribution in [3.63, 3.8) is 0 Å². The highest BCUT2D eigenvalue weighted by Crippen LogP contribution is 2.90. The van der Waals surface area contributed by atoms with E-state index < -0.39 is 128 Å². The number of esters is 4. The highest BCUT2D eigenvalue weighted by molar-refractivity contribution is 5.92. The van der Waals surface area contributed by atoms with Gasteiger partial charge in [0.05, 0.1) is 37.2 Å². The van der Waals surface area contributed by atoms with Crippen molar-refractivity contribution in [2.45, 2.75) is 140 Å². The molecule has 16 nitrogen and oxygen atoms in total. The Morgan fingerprint density at radius 3 is 2.25 bits per heavy atom. The second kappa shape index (κ2) is 11.6. The van der Waals surface area contributed by atoms with Crippen LogP contribution in [0.5, 0.6) is 0 Å². The van der Waals surface area contributed by atoms with Crippen LogP contribution in [-0.4, -0.2) is 104 Å². The van der Waals surface area contributed by atoms with Crippen LogP contribution < -0.4 is 0 Å². The second-order valence-corrected chi connectivity index (χ2v) is 18.2. The lowest BCUT2D eigenvalue weighted by Gasteiger charge is -2.78. The maximum Gasteiger partial charge on any atom is 0.338 e. The fraction of sp³-hybridized carbons (Fsp3) is 0.750. The first kappa shape index (κ1) is 39.3. The molecule has 3 unspecified atom stereocenters. The number of furan rings is 1. The van der Waals surface area contributed by atoms with Gasteiger partial charge in [-0.15, -0.1) is 0 Å². The van der Waals surface area contributed by atoms with E-state index in [9.17, 15) is 39.6 Å².